The Morgan fingerprint density at radius 2 is 2.60 bits per heavy atom. The maximum Gasteiger partial charge on any atom is 0.237 e. The van der Waals surface area contributed by atoms with Gasteiger partial charge in [-0.1, -0.05) is 6.07 Å². The molecule has 2 heterocycles. The van der Waals surface area contributed by atoms with Crippen LogP contribution in [0.1, 0.15) is 30.7 Å². The molecule has 0 aromatic carbocycles. The summed E-state index contributed by atoms with van der Waals surface area (Å²) in [5.74, 6) is 0.133. The maximum atomic E-state index is 11.8. The van der Waals surface area contributed by atoms with Crippen molar-refractivity contribution in [3.05, 3.63) is 22.4 Å². The summed E-state index contributed by atoms with van der Waals surface area (Å²) in [6.07, 6.45) is 2.06. The van der Waals surface area contributed by atoms with E-state index in [-0.39, 0.29) is 18.0 Å². The van der Waals surface area contributed by atoms with Gasteiger partial charge in [-0.3, -0.25) is 4.79 Å². The number of nitrogens with one attached hydrogen (secondary N) is 2. The van der Waals surface area contributed by atoms with E-state index < -0.39 is 0 Å². The van der Waals surface area contributed by atoms with Crippen LogP contribution in [0.4, 0.5) is 0 Å². The summed E-state index contributed by atoms with van der Waals surface area (Å²) in [7, 11) is 0. The van der Waals surface area contributed by atoms with Crippen LogP contribution < -0.4 is 10.6 Å². The van der Waals surface area contributed by atoms with Crippen molar-refractivity contribution in [2.75, 3.05) is 6.54 Å². The molecule has 1 aromatic heterocycles. The second-order valence-electron chi connectivity index (χ2n) is 3.89. The first-order valence-corrected chi connectivity index (χ1v) is 6.22. The first-order valence-electron chi connectivity index (χ1n) is 5.34. The highest BCUT2D eigenvalue weighted by Crippen LogP contribution is 2.18. The monoisotopic (exact) mass is 224 g/mol. The largest absolute Gasteiger partial charge is 0.347 e. The van der Waals surface area contributed by atoms with E-state index in [0.717, 1.165) is 19.4 Å². The molecule has 0 aliphatic carbocycles. The van der Waals surface area contributed by atoms with Crippen molar-refractivity contribution in [2.45, 2.75) is 31.8 Å². The predicted octanol–water partition coefficient (Wildman–Crippen LogP) is 1.68. The molecule has 3 nitrogen and oxygen atoms in total. The van der Waals surface area contributed by atoms with Gasteiger partial charge in [0.25, 0.3) is 0 Å². The summed E-state index contributed by atoms with van der Waals surface area (Å²) in [6, 6.07) is 4.21. The Labute approximate surface area is 93.9 Å². The van der Waals surface area contributed by atoms with Gasteiger partial charge in [-0.15, -0.1) is 11.3 Å². The van der Waals surface area contributed by atoms with E-state index in [4.69, 9.17) is 0 Å². The van der Waals surface area contributed by atoms with Crippen LogP contribution in [0.2, 0.25) is 0 Å². The zero-order valence-corrected chi connectivity index (χ0v) is 9.64. The maximum absolute atomic E-state index is 11.8. The Morgan fingerprint density at radius 1 is 1.73 bits per heavy atom. The molecule has 15 heavy (non-hydrogen) atoms. The van der Waals surface area contributed by atoms with Crippen LogP contribution in [0.15, 0.2) is 17.5 Å². The smallest absolute Gasteiger partial charge is 0.237 e. The van der Waals surface area contributed by atoms with Crippen LogP contribution in [-0.4, -0.2) is 18.5 Å². The predicted molar refractivity (Wildman–Crippen MR) is 61.9 cm³/mol. The molecule has 1 aliphatic rings. The second kappa shape index (κ2) is 4.77. The molecular weight excluding hydrogens is 208 g/mol. The third-order valence-corrected chi connectivity index (χ3v) is 3.76. The van der Waals surface area contributed by atoms with Gasteiger partial charge in [0.1, 0.15) is 0 Å². The molecule has 2 N–H and O–H groups in total. The van der Waals surface area contributed by atoms with Gasteiger partial charge in [0.2, 0.25) is 5.91 Å². The van der Waals surface area contributed by atoms with Crippen molar-refractivity contribution in [1.82, 2.24) is 10.6 Å². The fraction of sp³-hybridized carbons (Fsp3) is 0.545. The third kappa shape index (κ3) is 2.58. The summed E-state index contributed by atoms with van der Waals surface area (Å²) >= 11 is 1.68. The second-order valence-corrected chi connectivity index (χ2v) is 4.87. The molecule has 1 saturated heterocycles. The highest BCUT2D eigenvalue weighted by atomic mass is 32.1. The van der Waals surface area contributed by atoms with Crippen molar-refractivity contribution < 1.29 is 4.79 Å². The van der Waals surface area contributed by atoms with Crippen LogP contribution in [-0.2, 0) is 4.79 Å². The average Bonchev–Trinajstić information content (AvgIpc) is 2.91. The van der Waals surface area contributed by atoms with Crippen molar-refractivity contribution >= 4 is 17.2 Å². The van der Waals surface area contributed by atoms with Crippen molar-refractivity contribution in [3.63, 3.8) is 0 Å². The van der Waals surface area contributed by atoms with Gasteiger partial charge in [0.15, 0.2) is 0 Å². The Balaban J connectivity index is 1.88. The first kappa shape index (κ1) is 10.6. The molecule has 4 heteroatoms. The molecule has 2 unspecified atom stereocenters. The summed E-state index contributed by atoms with van der Waals surface area (Å²) in [5, 5.41) is 8.27. The molecule has 0 saturated carbocycles. The SMILES string of the molecule is CC(NC(=O)C1CCCN1)c1cccs1. The topological polar surface area (TPSA) is 41.1 Å². The molecule has 1 fully saturated rings. The number of hydrogen-bond acceptors (Lipinski definition) is 3. The third-order valence-electron chi connectivity index (χ3n) is 2.71. The van der Waals surface area contributed by atoms with Gasteiger partial charge >= 0.3 is 0 Å². The molecule has 0 spiro atoms. The van der Waals surface area contributed by atoms with Gasteiger partial charge in [-0.25, -0.2) is 0 Å². The van der Waals surface area contributed by atoms with Crippen LogP contribution >= 0.6 is 11.3 Å². The number of thiophene rings is 1. The quantitative estimate of drug-likeness (QED) is 0.820. The Morgan fingerprint density at radius 3 is 3.20 bits per heavy atom. The van der Waals surface area contributed by atoms with Crippen LogP contribution in [0, 0.1) is 0 Å². The lowest BCUT2D eigenvalue weighted by Gasteiger charge is -2.15. The zero-order valence-electron chi connectivity index (χ0n) is 8.82. The minimum atomic E-state index is 0.0208. The number of amides is 1. The molecule has 0 radical (unpaired) electrons. The van der Waals surface area contributed by atoms with Gasteiger partial charge in [0.05, 0.1) is 12.1 Å². The number of carbonyl (C=O) groups excluding carboxylic acids is 1. The number of carbonyl (C=O) groups is 1. The van der Waals surface area contributed by atoms with E-state index in [1.807, 2.05) is 18.4 Å². The Hall–Kier alpha value is -0.870. The molecule has 2 rings (SSSR count). The normalized spacial score (nSPS) is 22.6. The van der Waals surface area contributed by atoms with E-state index in [0.29, 0.717) is 0 Å². The Kier molecular flexibility index (Phi) is 3.38. The lowest BCUT2D eigenvalue weighted by atomic mass is 10.2. The number of hydrogen-bond donors (Lipinski definition) is 2. The summed E-state index contributed by atoms with van der Waals surface area (Å²) in [4.78, 5) is 13.0. The molecule has 1 amide bonds. The molecule has 82 valence electrons. The zero-order chi connectivity index (χ0) is 10.7. The standard InChI is InChI=1S/C11H16N2OS/c1-8(10-5-3-7-15-10)13-11(14)9-4-2-6-12-9/h3,5,7-9,12H,2,4,6H2,1H3,(H,13,14). The highest BCUT2D eigenvalue weighted by molar-refractivity contribution is 7.10. The van der Waals surface area contributed by atoms with E-state index >= 15 is 0 Å². The van der Waals surface area contributed by atoms with Gasteiger partial charge in [-0.05, 0) is 37.8 Å². The van der Waals surface area contributed by atoms with E-state index in [2.05, 4.69) is 16.7 Å². The Bertz CT molecular complexity index is 317. The van der Waals surface area contributed by atoms with Crippen LogP contribution in [0.3, 0.4) is 0 Å². The van der Waals surface area contributed by atoms with E-state index in [9.17, 15) is 4.79 Å². The molecule has 1 aliphatic heterocycles. The van der Waals surface area contributed by atoms with E-state index in [1.54, 1.807) is 11.3 Å². The fourth-order valence-corrected chi connectivity index (χ4v) is 2.57. The van der Waals surface area contributed by atoms with Crippen LogP contribution in [0.5, 0.6) is 0 Å². The summed E-state index contributed by atoms with van der Waals surface area (Å²) < 4.78 is 0. The van der Waals surface area contributed by atoms with Gasteiger partial charge < -0.3 is 10.6 Å². The molecule has 1 aromatic rings. The lowest BCUT2D eigenvalue weighted by Crippen LogP contribution is -2.41. The minimum absolute atomic E-state index is 0.0208. The van der Waals surface area contributed by atoms with Crippen molar-refractivity contribution in [3.8, 4) is 0 Å². The van der Waals surface area contributed by atoms with Gasteiger partial charge in [0, 0.05) is 4.88 Å². The molecule has 0 bridgehead atoms. The van der Waals surface area contributed by atoms with Crippen molar-refractivity contribution in [1.29, 1.82) is 0 Å². The summed E-state index contributed by atoms with van der Waals surface area (Å²) in [5.41, 5.74) is 0. The highest BCUT2D eigenvalue weighted by Gasteiger charge is 2.23. The molecular formula is C11H16N2OS. The first-order chi connectivity index (χ1) is 7.27. The fourth-order valence-electron chi connectivity index (χ4n) is 1.83. The van der Waals surface area contributed by atoms with Crippen molar-refractivity contribution in [2.24, 2.45) is 0 Å². The summed E-state index contributed by atoms with van der Waals surface area (Å²) in [6.45, 7) is 2.99. The minimum Gasteiger partial charge on any atom is -0.347 e. The molecule has 2 atom stereocenters. The number of rotatable bonds is 3. The average molecular weight is 224 g/mol. The van der Waals surface area contributed by atoms with E-state index in [1.165, 1.54) is 4.88 Å². The van der Waals surface area contributed by atoms with Crippen LogP contribution in [0.25, 0.3) is 0 Å². The van der Waals surface area contributed by atoms with Gasteiger partial charge in [-0.2, -0.15) is 0 Å². The lowest BCUT2D eigenvalue weighted by molar-refractivity contribution is -0.123.